The summed E-state index contributed by atoms with van der Waals surface area (Å²) >= 11 is 4.85. The van der Waals surface area contributed by atoms with Crippen LogP contribution in [0.25, 0.3) is 0 Å². The largest absolute Gasteiger partial charge is 0.434 e. The second-order valence-electron chi connectivity index (χ2n) is 3.53. The molecule has 0 bridgehead atoms. The third-order valence-electron chi connectivity index (χ3n) is 2.40. The molecule has 2 aromatic rings. The highest BCUT2D eigenvalue weighted by atomic mass is 79.9. The van der Waals surface area contributed by atoms with E-state index in [0.29, 0.717) is 5.56 Å². The van der Waals surface area contributed by atoms with Gasteiger partial charge in [-0.25, -0.2) is 0 Å². The molecule has 2 N–H and O–H groups in total. The molecule has 1 heterocycles. The fourth-order valence-electron chi connectivity index (χ4n) is 1.61. The van der Waals surface area contributed by atoms with Crippen LogP contribution in [0, 0.1) is 0 Å². The van der Waals surface area contributed by atoms with E-state index in [1.54, 1.807) is 18.2 Å². The zero-order valence-corrected chi connectivity index (χ0v) is 11.5. The van der Waals surface area contributed by atoms with Crippen LogP contribution >= 0.6 is 27.3 Å². The Labute approximate surface area is 116 Å². The first-order chi connectivity index (χ1) is 8.59. The van der Waals surface area contributed by atoms with Crippen molar-refractivity contribution < 1.29 is 13.5 Å². The minimum atomic E-state index is -2.86. The summed E-state index contributed by atoms with van der Waals surface area (Å²) in [5.41, 5.74) is 6.64. The van der Waals surface area contributed by atoms with E-state index < -0.39 is 12.7 Å². The monoisotopic (exact) mass is 333 g/mol. The maximum absolute atomic E-state index is 12.3. The van der Waals surface area contributed by atoms with Gasteiger partial charge in [0.1, 0.15) is 5.75 Å². The number of alkyl halides is 2. The average molecular weight is 334 g/mol. The molecule has 1 aromatic heterocycles. The highest BCUT2D eigenvalue weighted by molar-refractivity contribution is 9.10. The molecule has 0 fully saturated rings. The van der Waals surface area contributed by atoms with Gasteiger partial charge in [0.15, 0.2) is 0 Å². The lowest BCUT2D eigenvalue weighted by atomic mass is 10.1. The molecular weight excluding hydrogens is 324 g/mol. The van der Waals surface area contributed by atoms with Crippen LogP contribution in [-0.2, 0) is 0 Å². The summed E-state index contributed by atoms with van der Waals surface area (Å²) in [6.07, 6.45) is 0. The van der Waals surface area contributed by atoms with Crippen LogP contribution in [0.3, 0.4) is 0 Å². The maximum Gasteiger partial charge on any atom is 0.387 e. The smallest absolute Gasteiger partial charge is 0.387 e. The van der Waals surface area contributed by atoms with Crippen LogP contribution in [0.15, 0.2) is 40.2 Å². The van der Waals surface area contributed by atoms with Gasteiger partial charge in [-0.2, -0.15) is 8.78 Å². The van der Waals surface area contributed by atoms with Gasteiger partial charge in [-0.3, -0.25) is 0 Å². The topological polar surface area (TPSA) is 35.2 Å². The number of halogens is 3. The van der Waals surface area contributed by atoms with Gasteiger partial charge in [0, 0.05) is 14.9 Å². The summed E-state index contributed by atoms with van der Waals surface area (Å²) in [6, 6.07) is 7.94. The molecule has 0 amide bonds. The van der Waals surface area contributed by atoms with Crippen LogP contribution < -0.4 is 10.5 Å². The summed E-state index contributed by atoms with van der Waals surface area (Å²) in [5, 5.41) is 1.88. The first kappa shape index (κ1) is 13.5. The number of benzene rings is 1. The summed E-state index contributed by atoms with van der Waals surface area (Å²) in [4.78, 5) is 0.875. The molecule has 2 rings (SSSR count). The quantitative estimate of drug-likeness (QED) is 0.911. The minimum absolute atomic E-state index is 0.111. The molecule has 6 heteroatoms. The van der Waals surface area contributed by atoms with Gasteiger partial charge in [0.2, 0.25) is 0 Å². The van der Waals surface area contributed by atoms with Crippen molar-refractivity contribution in [3.8, 4) is 5.75 Å². The predicted octanol–water partition coefficient (Wildman–Crippen LogP) is 4.16. The van der Waals surface area contributed by atoms with Gasteiger partial charge >= 0.3 is 6.61 Å². The Morgan fingerprint density at radius 2 is 1.94 bits per heavy atom. The number of hydrogen-bond acceptors (Lipinski definition) is 3. The molecule has 1 aromatic carbocycles. The molecule has 0 aliphatic rings. The van der Waals surface area contributed by atoms with E-state index in [1.807, 2.05) is 11.4 Å². The third-order valence-corrected chi connectivity index (χ3v) is 4.35. The number of thiophene rings is 1. The third kappa shape index (κ3) is 2.88. The van der Waals surface area contributed by atoms with E-state index in [9.17, 15) is 8.78 Å². The van der Waals surface area contributed by atoms with E-state index in [1.165, 1.54) is 17.4 Å². The van der Waals surface area contributed by atoms with Gasteiger partial charge in [-0.15, -0.1) is 11.3 Å². The molecule has 18 heavy (non-hydrogen) atoms. The van der Waals surface area contributed by atoms with E-state index in [2.05, 4.69) is 20.7 Å². The normalized spacial score (nSPS) is 12.7. The number of para-hydroxylation sites is 1. The van der Waals surface area contributed by atoms with E-state index in [-0.39, 0.29) is 5.75 Å². The second-order valence-corrected chi connectivity index (χ2v) is 5.33. The zero-order chi connectivity index (χ0) is 13.1. The SMILES string of the molecule is NC(c1ccccc1OC(F)F)c1sccc1Br. The Morgan fingerprint density at radius 3 is 2.56 bits per heavy atom. The van der Waals surface area contributed by atoms with Crippen molar-refractivity contribution in [3.63, 3.8) is 0 Å². The summed E-state index contributed by atoms with van der Waals surface area (Å²) in [6.45, 7) is -2.86. The molecule has 0 aliphatic heterocycles. The Kier molecular flexibility index (Phi) is 4.31. The van der Waals surface area contributed by atoms with Crippen LogP contribution in [0.5, 0.6) is 5.75 Å². The van der Waals surface area contributed by atoms with Crippen LogP contribution in [0.2, 0.25) is 0 Å². The molecule has 0 radical (unpaired) electrons. The lowest BCUT2D eigenvalue weighted by molar-refractivity contribution is -0.0505. The Hall–Kier alpha value is -0.980. The van der Waals surface area contributed by atoms with Crippen molar-refractivity contribution in [2.75, 3.05) is 0 Å². The highest BCUT2D eigenvalue weighted by Gasteiger charge is 2.19. The lowest BCUT2D eigenvalue weighted by Crippen LogP contribution is -2.14. The standard InChI is InChI=1S/C12H10BrF2NOS/c13-8-5-6-18-11(8)10(16)7-3-1-2-4-9(7)17-12(14)15/h1-6,10,12H,16H2. The maximum atomic E-state index is 12.3. The van der Waals surface area contributed by atoms with E-state index >= 15 is 0 Å². The predicted molar refractivity (Wildman–Crippen MR) is 71.1 cm³/mol. The molecule has 96 valence electrons. The molecule has 2 nitrogen and oxygen atoms in total. The van der Waals surface area contributed by atoms with Crippen molar-refractivity contribution >= 4 is 27.3 Å². The summed E-state index contributed by atoms with van der Waals surface area (Å²) in [7, 11) is 0. The average Bonchev–Trinajstić information content (AvgIpc) is 2.74. The molecule has 0 saturated heterocycles. The molecule has 0 spiro atoms. The highest BCUT2D eigenvalue weighted by Crippen LogP contribution is 2.35. The van der Waals surface area contributed by atoms with E-state index in [0.717, 1.165) is 9.35 Å². The fourth-order valence-corrected chi connectivity index (χ4v) is 3.25. The van der Waals surface area contributed by atoms with Gasteiger partial charge in [0.25, 0.3) is 0 Å². The Bertz CT molecular complexity index is 532. The molecule has 0 saturated carbocycles. The van der Waals surface area contributed by atoms with Gasteiger partial charge < -0.3 is 10.5 Å². The van der Waals surface area contributed by atoms with Crippen molar-refractivity contribution in [3.05, 3.63) is 50.6 Å². The van der Waals surface area contributed by atoms with E-state index in [4.69, 9.17) is 5.73 Å². The first-order valence-corrected chi connectivity index (χ1v) is 6.79. The molecular formula is C12H10BrF2NOS. The first-order valence-electron chi connectivity index (χ1n) is 5.12. The number of hydrogen-bond donors (Lipinski definition) is 1. The van der Waals surface area contributed by atoms with Gasteiger partial charge in [-0.05, 0) is 33.4 Å². The number of ether oxygens (including phenoxy) is 1. The van der Waals surface area contributed by atoms with Crippen molar-refractivity contribution in [2.24, 2.45) is 5.73 Å². The fraction of sp³-hybridized carbons (Fsp3) is 0.167. The Balaban J connectivity index is 2.36. The minimum Gasteiger partial charge on any atom is -0.434 e. The van der Waals surface area contributed by atoms with Crippen LogP contribution in [0.1, 0.15) is 16.5 Å². The lowest BCUT2D eigenvalue weighted by Gasteiger charge is -2.16. The second kappa shape index (κ2) is 5.77. The number of nitrogens with two attached hydrogens (primary N) is 1. The zero-order valence-electron chi connectivity index (χ0n) is 9.15. The van der Waals surface area contributed by atoms with Crippen LogP contribution in [-0.4, -0.2) is 6.61 Å². The van der Waals surface area contributed by atoms with Gasteiger partial charge in [-0.1, -0.05) is 18.2 Å². The van der Waals surface area contributed by atoms with Crippen molar-refractivity contribution in [1.82, 2.24) is 0 Å². The molecule has 0 aliphatic carbocycles. The molecule has 1 atom stereocenters. The van der Waals surface area contributed by atoms with Crippen LogP contribution in [0.4, 0.5) is 8.78 Å². The Morgan fingerprint density at radius 1 is 1.22 bits per heavy atom. The summed E-state index contributed by atoms with van der Waals surface area (Å²) < 4.78 is 30.0. The summed E-state index contributed by atoms with van der Waals surface area (Å²) in [5.74, 6) is 0.111. The number of rotatable bonds is 4. The van der Waals surface area contributed by atoms with Gasteiger partial charge in [0.05, 0.1) is 6.04 Å². The van der Waals surface area contributed by atoms with Crippen molar-refractivity contribution in [1.29, 1.82) is 0 Å². The van der Waals surface area contributed by atoms with Crippen molar-refractivity contribution in [2.45, 2.75) is 12.7 Å². The molecule has 1 unspecified atom stereocenters.